The van der Waals surface area contributed by atoms with Crippen molar-refractivity contribution < 1.29 is 13.3 Å². The maximum atomic E-state index is 11.5. The van der Waals surface area contributed by atoms with Crippen molar-refractivity contribution >= 4 is 38.5 Å². The zero-order chi connectivity index (χ0) is 22.9. The van der Waals surface area contributed by atoms with Crippen molar-refractivity contribution in [1.82, 2.24) is 4.57 Å². The predicted molar refractivity (Wildman–Crippen MR) is 124 cm³/mol. The van der Waals surface area contributed by atoms with Gasteiger partial charge in [0.1, 0.15) is 5.69 Å². The number of nitrogens with one attached hydrogen (secondary N) is 1. The molecule has 0 saturated heterocycles. The summed E-state index contributed by atoms with van der Waals surface area (Å²) in [7, 11) is -2.11. The molecule has 9 nitrogen and oxygen atoms in total. The van der Waals surface area contributed by atoms with Gasteiger partial charge in [-0.2, -0.15) is 5.10 Å². The van der Waals surface area contributed by atoms with Gasteiger partial charge in [-0.25, -0.2) is 13.6 Å². The number of anilines is 1. The van der Waals surface area contributed by atoms with Crippen molar-refractivity contribution in [2.75, 3.05) is 5.43 Å². The maximum Gasteiger partial charge on any atom is 0.295 e. The number of aromatic nitrogens is 1. The molecule has 0 unspecified atom stereocenters. The second kappa shape index (κ2) is 8.25. The molecule has 0 aliphatic rings. The van der Waals surface area contributed by atoms with Gasteiger partial charge in [-0.15, -0.1) is 0 Å². The van der Waals surface area contributed by atoms with Crippen LogP contribution in [0.4, 0.5) is 11.4 Å². The summed E-state index contributed by atoms with van der Waals surface area (Å²) in [6.07, 6.45) is 1.60. The van der Waals surface area contributed by atoms with Crippen molar-refractivity contribution in [3.05, 3.63) is 88.5 Å². The molecule has 0 aliphatic carbocycles. The monoisotopic (exact) mass is 449 g/mol. The fourth-order valence-electron chi connectivity index (χ4n) is 3.60. The maximum absolute atomic E-state index is 11.5. The lowest BCUT2D eigenvalue weighted by molar-refractivity contribution is -0.384. The van der Waals surface area contributed by atoms with E-state index < -0.39 is 20.6 Å². The van der Waals surface area contributed by atoms with Crippen LogP contribution in [0.2, 0.25) is 0 Å². The summed E-state index contributed by atoms with van der Waals surface area (Å²) in [5.41, 5.74) is 6.04. The lowest BCUT2D eigenvalue weighted by Crippen LogP contribution is -2.12. The SMILES string of the molecule is Cn1c(-c2ccccc2)c(/C=N/Nc2ccc(S(N)(=O)=O)cc2[N+](=O)[O-])c2ccccc21. The first-order valence-electron chi connectivity index (χ1n) is 9.50. The number of rotatable bonds is 6. The van der Waals surface area contributed by atoms with Crippen LogP contribution in [0.3, 0.4) is 0 Å². The van der Waals surface area contributed by atoms with Crippen molar-refractivity contribution in [3.63, 3.8) is 0 Å². The number of hydrazone groups is 1. The van der Waals surface area contributed by atoms with E-state index >= 15 is 0 Å². The number of sulfonamides is 1. The first kappa shape index (κ1) is 21.2. The van der Waals surface area contributed by atoms with Gasteiger partial charge in [0, 0.05) is 29.6 Å². The summed E-state index contributed by atoms with van der Waals surface area (Å²) < 4.78 is 25.1. The molecule has 4 rings (SSSR count). The van der Waals surface area contributed by atoms with Crippen LogP contribution >= 0.6 is 0 Å². The highest BCUT2D eigenvalue weighted by Gasteiger charge is 2.19. The number of nitro benzene ring substituents is 1. The predicted octanol–water partition coefficient (Wildman–Crippen LogP) is 3.85. The Balaban J connectivity index is 1.77. The molecule has 0 amide bonds. The first-order chi connectivity index (χ1) is 15.3. The highest BCUT2D eigenvalue weighted by Crippen LogP contribution is 2.32. The number of fused-ring (bicyclic) bond motifs is 1. The van der Waals surface area contributed by atoms with Gasteiger partial charge in [0.2, 0.25) is 10.0 Å². The van der Waals surface area contributed by atoms with E-state index in [1.165, 1.54) is 12.1 Å². The van der Waals surface area contributed by atoms with Crippen molar-refractivity contribution in [1.29, 1.82) is 0 Å². The van der Waals surface area contributed by atoms with Crippen LogP contribution < -0.4 is 10.6 Å². The second-order valence-corrected chi connectivity index (χ2v) is 8.62. The number of hydrogen-bond donors (Lipinski definition) is 2. The summed E-state index contributed by atoms with van der Waals surface area (Å²) in [6.45, 7) is 0. The third-order valence-corrected chi connectivity index (χ3v) is 5.98. The van der Waals surface area contributed by atoms with E-state index in [4.69, 9.17) is 5.14 Å². The second-order valence-electron chi connectivity index (χ2n) is 7.06. The Kier molecular flexibility index (Phi) is 5.47. The Morgan fingerprint density at radius 1 is 1.06 bits per heavy atom. The molecule has 1 heterocycles. The minimum absolute atomic E-state index is 0.0418. The number of primary sulfonamides is 1. The molecule has 4 aromatic rings. The summed E-state index contributed by atoms with van der Waals surface area (Å²) in [5, 5.41) is 21.7. The van der Waals surface area contributed by atoms with Crippen LogP contribution in [0.1, 0.15) is 5.56 Å². The number of hydrogen-bond acceptors (Lipinski definition) is 6. The molecule has 3 N–H and O–H groups in total. The standard InChI is InChI=1S/C22H19N5O4S/c1-26-20-10-6-5-9-17(20)18(22(26)15-7-3-2-4-8-15)14-24-25-19-12-11-16(32(23,30)31)13-21(19)27(28)29/h2-14,25H,1H3,(H2,23,30,31)/b24-14+. The van der Waals surface area contributed by atoms with Gasteiger partial charge in [0.15, 0.2) is 0 Å². The molecule has 1 aromatic heterocycles. The number of nitro groups is 1. The molecule has 0 radical (unpaired) electrons. The van der Waals surface area contributed by atoms with E-state index in [1.54, 1.807) is 6.21 Å². The molecular weight excluding hydrogens is 430 g/mol. The zero-order valence-corrected chi connectivity index (χ0v) is 17.8. The molecule has 0 fully saturated rings. The van der Waals surface area contributed by atoms with Gasteiger partial charge in [0.25, 0.3) is 5.69 Å². The van der Waals surface area contributed by atoms with E-state index in [2.05, 4.69) is 15.1 Å². The van der Waals surface area contributed by atoms with Crippen LogP contribution in [0, 0.1) is 10.1 Å². The molecule has 0 spiro atoms. The number of aryl methyl sites for hydroxylation is 1. The van der Waals surface area contributed by atoms with Gasteiger partial charge < -0.3 is 4.57 Å². The van der Waals surface area contributed by atoms with Crippen LogP contribution in [0.25, 0.3) is 22.2 Å². The lowest BCUT2D eigenvalue weighted by Gasteiger charge is -2.06. The normalized spacial score (nSPS) is 11.8. The van der Waals surface area contributed by atoms with E-state index in [1.807, 2.05) is 61.6 Å². The Labute approximate surface area is 184 Å². The zero-order valence-electron chi connectivity index (χ0n) is 17.0. The first-order valence-corrected chi connectivity index (χ1v) is 11.0. The highest BCUT2D eigenvalue weighted by atomic mass is 32.2. The van der Waals surface area contributed by atoms with Crippen molar-refractivity contribution in [2.24, 2.45) is 17.3 Å². The fourth-order valence-corrected chi connectivity index (χ4v) is 4.13. The average Bonchev–Trinajstić information content (AvgIpc) is 3.05. The largest absolute Gasteiger partial charge is 0.343 e. The molecule has 3 aromatic carbocycles. The molecule has 10 heteroatoms. The molecule has 0 atom stereocenters. The van der Waals surface area contributed by atoms with Crippen LogP contribution in [0.5, 0.6) is 0 Å². The van der Waals surface area contributed by atoms with Crippen LogP contribution in [-0.2, 0) is 17.1 Å². The van der Waals surface area contributed by atoms with Crippen LogP contribution in [0.15, 0.2) is 82.8 Å². The third kappa shape index (κ3) is 3.96. The topological polar surface area (TPSA) is 133 Å². The molecule has 0 saturated carbocycles. The molecule has 0 aliphatic heterocycles. The number of benzene rings is 3. The van der Waals surface area contributed by atoms with Gasteiger partial charge in [-0.3, -0.25) is 15.5 Å². The minimum atomic E-state index is -4.07. The molecule has 162 valence electrons. The Morgan fingerprint density at radius 2 is 1.75 bits per heavy atom. The molecule has 0 bridgehead atoms. The van der Waals surface area contributed by atoms with Gasteiger partial charge >= 0.3 is 0 Å². The van der Waals surface area contributed by atoms with E-state index in [0.29, 0.717) is 0 Å². The Bertz CT molecular complexity index is 1460. The summed E-state index contributed by atoms with van der Waals surface area (Å²) in [6, 6.07) is 21.0. The molecule has 32 heavy (non-hydrogen) atoms. The van der Waals surface area contributed by atoms with E-state index in [0.717, 1.165) is 33.8 Å². The average molecular weight is 449 g/mol. The fraction of sp³-hybridized carbons (Fsp3) is 0.0455. The number of para-hydroxylation sites is 1. The summed E-state index contributed by atoms with van der Waals surface area (Å²) in [5.74, 6) is 0. The highest BCUT2D eigenvalue weighted by molar-refractivity contribution is 7.89. The van der Waals surface area contributed by atoms with Gasteiger partial charge in [-0.05, 0) is 23.8 Å². The number of nitrogens with zero attached hydrogens (tertiary/aromatic N) is 3. The van der Waals surface area contributed by atoms with E-state index in [-0.39, 0.29) is 10.6 Å². The van der Waals surface area contributed by atoms with Crippen LogP contribution in [-0.4, -0.2) is 24.1 Å². The smallest absolute Gasteiger partial charge is 0.295 e. The minimum Gasteiger partial charge on any atom is -0.343 e. The Morgan fingerprint density at radius 3 is 2.44 bits per heavy atom. The van der Waals surface area contributed by atoms with Crippen molar-refractivity contribution in [2.45, 2.75) is 4.90 Å². The number of nitrogens with two attached hydrogens (primary N) is 1. The lowest BCUT2D eigenvalue weighted by atomic mass is 10.1. The summed E-state index contributed by atoms with van der Waals surface area (Å²) >= 11 is 0. The molecular formula is C22H19N5O4S. The quantitative estimate of drug-likeness (QED) is 0.262. The summed E-state index contributed by atoms with van der Waals surface area (Å²) in [4.78, 5) is 10.4. The van der Waals surface area contributed by atoms with Crippen molar-refractivity contribution in [3.8, 4) is 11.3 Å². The third-order valence-electron chi connectivity index (χ3n) is 5.07. The van der Waals surface area contributed by atoms with E-state index in [9.17, 15) is 18.5 Å². The van der Waals surface area contributed by atoms with Gasteiger partial charge in [0.05, 0.1) is 21.7 Å². The Hall–Kier alpha value is -4.02. The van der Waals surface area contributed by atoms with Gasteiger partial charge in [-0.1, -0.05) is 48.5 Å².